The van der Waals surface area contributed by atoms with Gasteiger partial charge in [-0.2, -0.15) is 0 Å². The second kappa shape index (κ2) is 6.06. The molecule has 2 nitrogen and oxygen atoms in total. The van der Waals surface area contributed by atoms with E-state index in [0.29, 0.717) is 11.8 Å². The summed E-state index contributed by atoms with van der Waals surface area (Å²) in [5.41, 5.74) is 7.32. The molecule has 1 aliphatic rings. The summed E-state index contributed by atoms with van der Waals surface area (Å²) in [5.74, 6) is 2.29. The van der Waals surface area contributed by atoms with Gasteiger partial charge in [0.1, 0.15) is 5.75 Å². The fraction of sp³-hybridized carbons (Fsp3) is 0.600. The molecule has 1 saturated carbocycles. The van der Waals surface area contributed by atoms with E-state index in [2.05, 4.69) is 24.3 Å². The van der Waals surface area contributed by atoms with Crippen LogP contribution in [0.5, 0.6) is 5.75 Å². The first-order chi connectivity index (χ1) is 8.35. The molecule has 0 spiro atoms. The lowest BCUT2D eigenvalue weighted by Gasteiger charge is -2.31. The second-order valence-corrected chi connectivity index (χ2v) is 4.89. The Kier molecular flexibility index (Phi) is 4.43. The average molecular weight is 233 g/mol. The molecule has 94 valence electrons. The van der Waals surface area contributed by atoms with Crippen LogP contribution in [0.25, 0.3) is 0 Å². The highest BCUT2D eigenvalue weighted by Crippen LogP contribution is 2.37. The first kappa shape index (κ1) is 12.4. The molecule has 2 N–H and O–H groups in total. The molecule has 1 aromatic carbocycles. The van der Waals surface area contributed by atoms with E-state index in [4.69, 9.17) is 10.5 Å². The SMILES string of the molecule is CCOc1ccc(C2CCCCC2CN)cc1. The van der Waals surface area contributed by atoms with Crippen molar-refractivity contribution in [1.82, 2.24) is 0 Å². The smallest absolute Gasteiger partial charge is 0.119 e. The molecular weight excluding hydrogens is 210 g/mol. The van der Waals surface area contributed by atoms with Gasteiger partial charge >= 0.3 is 0 Å². The summed E-state index contributed by atoms with van der Waals surface area (Å²) in [6.45, 7) is 3.56. The van der Waals surface area contributed by atoms with E-state index in [1.807, 2.05) is 6.92 Å². The first-order valence-corrected chi connectivity index (χ1v) is 6.78. The number of benzene rings is 1. The van der Waals surface area contributed by atoms with Crippen molar-refractivity contribution in [2.75, 3.05) is 13.2 Å². The highest BCUT2D eigenvalue weighted by atomic mass is 16.5. The van der Waals surface area contributed by atoms with Crippen molar-refractivity contribution in [3.63, 3.8) is 0 Å². The van der Waals surface area contributed by atoms with Crippen molar-refractivity contribution in [2.45, 2.75) is 38.5 Å². The molecule has 2 atom stereocenters. The molecule has 17 heavy (non-hydrogen) atoms. The molecule has 0 heterocycles. The summed E-state index contributed by atoms with van der Waals surface area (Å²) < 4.78 is 5.48. The van der Waals surface area contributed by atoms with E-state index in [-0.39, 0.29) is 0 Å². The number of hydrogen-bond donors (Lipinski definition) is 1. The Bertz CT molecular complexity index is 333. The summed E-state index contributed by atoms with van der Waals surface area (Å²) in [7, 11) is 0. The molecule has 1 aromatic rings. The molecule has 1 aliphatic carbocycles. The van der Waals surface area contributed by atoms with Crippen LogP contribution in [0, 0.1) is 5.92 Å². The lowest BCUT2D eigenvalue weighted by molar-refractivity contribution is 0.313. The summed E-state index contributed by atoms with van der Waals surface area (Å²) in [6, 6.07) is 8.59. The van der Waals surface area contributed by atoms with Gasteiger partial charge in [-0.3, -0.25) is 0 Å². The van der Waals surface area contributed by atoms with Crippen molar-refractivity contribution in [1.29, 1.82) is 0 Å². The monoisotopic (exact) mass is 233 g/mol. The molecule has 2 rings (SSSR count). The maximum atomic E-state index is 5.88. The minimum atomic E-state index is 0.657. The molecule has 0 amide bonds. The molecule has 0 bridgehead atoms. The Hall–Kier alpha value is -1.02. The van der Waals surface area contributed by atoms with Gasteiger partial charge in [0.15, 0.2) is 0 Å². The van der Waals surface area contributed by atoms with Crippen LogP contribution in [-0.4, -0.2) is 13.2 Å². The molecule has 0 aliphatic heterocycles. The molecule has 2 unspecified atom stereocenters. The van der Waals surface area contributed by atoms with Gasteiger partial charge in [-0.05, 0) is 55.8 Å². The maximum Gasteiger partial charge on any atom is 0.119 e. The standard InChI is InChI=1S/C15H23NO/c1-2-17-14-9-7-12(8-10-14)15-6-4-3-5-13(15)11-16/h7-10,13,15H,2-6,11,16H2,1H3. The third-order valence-electron chi connectivity index (χ3n) is 3.83. The van der Waals surface area contributed by atoms with Gasteiger partial charge in [-0.25, -0.2) is 0 Å². The van der Waals surface area contributed by atoms with E-state index in [1.165, 1.54) is 31.2 Å². The third kappa shape index (κ3) is 3.01. The van der Waals surface area contributed by atoms with Crippen molar-refractivity contribution in [3.05, 3.63) is 29.8 Å². The van der Waals surface area contributed by atoms with E-state index in [1.54, 1.807) is 0 Å². The van der Waals surface area contributed by atoms with E-state index < -0.39 is 0 Å². The van der Waals surface area contributed by atoms with Crippen molar-refractivity contribution < 1.29 is 4.74 Å². The Labute approximate surface area is 104 Å². The first-order valence-electron chi connectivity index (χ1n) is 6.78. The average Bonchev–Trinajstić information content (AvgIpc) is 2.40. The van der Waals surface area contributed by atoms with Gasteiger partial charge in [-0.15, -0.1) is 0 Å². The zero-order valence-corrected chi connectivity index (χ0v) is 10.7. The summed E-state index contributed by atoms with van der Waals surface area (Å²) in [4.78, 5) is 0. The predicted octanol–water partition coefficient (Wildman–Crippen LogP) is 3.32. The Morgan fingerprint density at radius 3 is 2.53 bits per heavy atom. The summed E-state index contributed by atoms with van der Waals surface area (Å²) in [6.07, 6.45) is 5.26. The molecule has 0 radical (unpaired) electrons. The van der Waals surface area contributed by atoms with Crippen LogP contribution in [0.15, 0.2) is 24.3 Å². The number of nitrogens with two attached hydrogens (primary N) is 1. The van der Waals surface area contributed by atoms with Crippen LogP contribution in [0.3, 0.4) is 0 Å². The lowest BCUT2D eigenvalue weighted by Crippen LogP contribution is -2.25. The summed E-state index contributed by atoms with van der Waals surface area (Å²) in [5, 5.41) is 0. The van der Waals surface area contributed by atoms with Crippen LogP contribution in [-0.2, 0) is 0 Å². The molecular formula is C15H23NO. The highest BCUT2D eigenvalue weighted by Gasteiger charge is 2.25. The molecule has 1 fully saturated rings. The summed E-state index contributed by atoms with van der Waals surface area (Å²) >= 11 is 0. The maximum absolute atomic E-state index is 5.88. The third-order valence-corrected chi connectivity index (χ3v) is 3.83. The fourth-order valence-corrected chi connectivity index (χ4v) is 2.91. The minimum Gasteiger partial charge on any atom is -0.494 e. The topological polar surface area (TPSA) is 35.2 Å². The zero-order valence-electron chi connectivity index (χ0n) is 10.7. The zero-order chi connectivity index (χ0) is 12.1. The largest absolute Gasteiger partial charge is 0.494 e. The molecule has 0 aromatic heterocycles. The quantitative estimate of drug-likeness (QED) is 0.866. The second-order valence-electron chi connectivity index (χ2n) is 4.89. The highest BCUT2D eigenvalue weighted by molar-refractivity contribution is 5.30. The van der Waals surface area contributed by atoms with Crippen molar-refractivity contribution in [3.8, 4) is 5.75 Å². The fourth-order valence-electron chi connectivity index (χ4n) is 2.91. The van der Waals surface area contributed by atoms with Crippen LogP contribution in [0.2, 0.25) is 0 Å². The normalized spacial score (nSPS) is 24.6. The van der Waals surface area contributed by atoms with E-state index in [0.717, 1.165) is 18.9 Å². The van der Waals surface area contributed by atoms with Crippen molar-refractivity contribution in [2.24, 2.45) is 11.7 Å². The predicted molar refractivity (Wildman–Crippen MR) is 71.4 cm³/mol. The van der Waals surface area contributed by atoms with Crippen LogP contribution < -0.4 is 10.5 Å². The molecule has 2 heteroatoms. The van der Waals surface area contributed by atoms with Gasteiger partial charge in [-0.1, -0.05) is 25.0 Å². The Morgan fingerprint density at radius 2 is 1.88 bits per heavy atom. The molecule has 0 saturated heterocycles. The van der Waals surface area contributed by atoms with Crippen molar-refractivity contribution >= 4 is 0 Å². The Balaban J connectivity index is 2.09. The van der Waals surface area contributed by atoms with Gasteiger partial charge in [0.25, 0.3) is 0 Å². The Morgan fingerprint density at radius 1 is 1.18 bits per heavy atom. The number of rotatable bonds is 4. The number of ether oxygens (including phenoxy) is 1. The number of hydrogen-bond acceptors (Lipinski definition) is 2. The van der Waals surface area contributed by atoms with Crippen LogP contribution in [0.4, 0.5) is 0 Å². The van der Waals surface area contributed by atoms with Gasteiger partial charge < -0.3 is 10.5 Å². The van der Waals surface area contributed by atoms with Crippen LogP contribution >= 0.6 is 0 Å². The van der Waals surface area contributed by atoms with E-state index in [9.17, 15) is 0 Å². The minimum absolute atomic E-state index is 0.657. The van der Waals surface area contributed by atoms with Gasteiger partial charge in [0, 0.05) is 0 Å². The lowest BCUT2D eigenvalue weighted by atomic mass is 9.75. The van der Waals surface area contributed by atoms with E-state index >= 15 is 0 Å². The van der Waals surface area contributed by atoms with Gasteiger partial charge in [0.05, 0.1) is 6.61 Å². The van der Waals surface area contributed by atoms with Gasteiger partial charge in [0.2, 0.25) is 0 Å². The van der Waals surface area contributed by atoms with Crippen LogP contribution in [0.1, 0.15) is 44.1 Å².